The maximum atomic E-state index is 11.3. The molecule has 2 heterocycles. The van der Waals surface area contributed by atoms with Crippen molar-refractivity contribution in [1.29, 1.82) is 0 Å². The predicted octanol–water partition coefficient (Wildman–Crippen LogP) is 2.80. The summed E-state index contributed by atoms with van der Waals surface area (Å²) >= 11 is 1.59. The molecule has 2 aromatic rings. The van der Waals surface area contributed by atoms with Gasteiger partial charge in [0.2, 0.25) is 5.91 Å². The second-order valence-electron chi connectivity index (χ2n) is 4.23. The monoisotopic (exact) mass is 244 g/mol. The maximum absolute atomic E-state index is 11.3. The Balaban J connectivity index is 2.09. The Labute approximate surface area is 103 Å². The fourth-order valence-corrected chi connectivity index (χ4v) is 2.97. The van der Waals surface area contributed by atoms with Crippen molar-refractivity contribution in [2.24, 2.45) is 0 Å². The molecule has 3 rings (SSSR count). The molecule has 0 fully saturated rings. The largest absolute Gasteiger partial charge is 0.390 e. The maximum Gasteiger partial charge on any atom is 0.228 e. The Bertz CT molecular complexity index is 616. The lowest BCUT2D eigenvalue weighted by atomic mass is 10.0. The van der Waals surface area contributed by atoms with Crippen LogP contribution < -0.4 is 11.1 Å². The molecule has 0 bridgehead atoms. The van der Waals surface area contributed by atoms with Gasteiger partial charge in [-0.1, -0.05) is 6.07 Å². The lowest BCUT2D eigenvalue weighted by Crippen LogP contribution is -2.03. The molecule has 3 nitrogen and oxygen atoms in total. The summed E-state index contributed by atoms with van der Waals surface area (Å²) < 4.78 is 0. The van der Waals surface area contributed by atoms with Crippen LogP contribution in [0.4, 0.5) is 10.7 Å². The van der Waals surface area contributed by atoms with Crippen molar-refractivity contribution in [3.8, 4) is 11.1 Å². The van der Waals surface area contributed by atoms with Crippen molar-refractivity contribution in [3.05, 3.63) is 34.7 Å². The Morgan fingerprint density at radius 1 is 1.35 bits per heavy atom. The topological polar surface area (TPSA) is 55.1 Å². The minimum absolute atomic E-state index is 0.0617. The molecule has 0 unspecified atom stereocenters. The average Bonchev–Trinajstić information content (AvgIpc) is 2.78. The summed E-state index contributed by atoms with van der Waals surface area (Å²) in [6, 6.07) is 8.08. The third kappa shape index (κ3) is 1.70. The highest BCUT2D eigenvalue weighted by Gasteiger charge is 2.18. The Kier molecular flexibility index (Phi) is 2.19. The molecule has 1 aromatic heterocycles. The molecule has 0 saturated heterocycles. The minimum Gasteiger partial charge on any atom is -0.390 e. The molecule has 0 atom stereocenters. The van der Waals surface area contributed by atoms with E-state index in [2.05, 4.69) is 11.4 Å². The van der Waals surface area contributed by atoms with Crippen molar-refractivity contribution in [2.45, 2.75) is 13.3 Å². The van der Waals surface area contributed by atoms with E-state index >= 15 is 0 Å². The van der Waals surface area contributed by atoms with Crippen molar-refractivity contribution in [3.63, 3.8) is 0 Å². The highest BCUT2D eigenvalue weighted by atomic mass is 32.1. The molecular weight excluding hydrogens is 232 g/mol. The first kappa shape index (κ1) is 10.4. The lowest BCUT2D eigenvalue weighted by molar-refractivity contribution is -0.115. The van der Waals surface area contributed by atoms with Crippen LogP contribution in [0.1, 0.15) is 10.4 Å². The van der Waals surface area contributed by atoms with Crippen molar-refractivity contribution >= 4 is 27.9 Å². The minimum atomic E-state index is 0.0617. The molecule has 0 saturated carbocycles. The number of hydrogen-bond donors (Lipinski definition) is 2. The lowest BCUT2D eigenvalue weighted by Gasteiger charge is -2.03. The van der Waals surface area contributed by atoms with Crippen LogP contribution in [-0.4, -0.2) is 5.91 Å². The van der Waals surface area contributed by atoms with E-state index in [1.807, 2.05) is 25.1 Å². The number of nitrogen functional groups attached to an aromatic ring is 1. The average molecular weight is 244 g/mol. The second-order valence-corrected chi connectivity index (χ2v) is 5.52. The molecule has 3 N–H and O–H groups in total. The van der Waals surface area contributed by atoms with Crippen molar-refractivity contribution in [2.75, 3.05) is 11.1 Å². The number of benzene rings is 1. The quantitative estimate of drug-likeness (QED) is 0.810. The molecular formula is C13H12N2OS. The standard InChI is InChI=1S/C13H12N2OS/c1-7-4-10(13(14)17-7)8-2-3-11-9(5-8)6-12(16)15-11/h2-5H,6,14H2,1H3,(H,15,16). The van der Waals surface area contributed by atoms with E-state index < -0.39 is 0 Å². The predicted molar refractivity (Wildman–Crippen MR) is 71.2 cm³/mol. The summed E-state index contributed by atoms with van der Waals surface area (Å²) in [5.41, 5.74) is 10.1. The zero-order valence-corrected chi connectivity index (χ0v) is 10.2. The van der Waals surface area contributed by atoms with E-state index in [0.717, 1.165) is 27.4 Å². The molecule has 4 heteroatoms. The number of anilines is 2. The van der Waals surface area contributed by atoms with Gasteiger partial charge in [-0.2, -0.15) is 0 Å². The number of hydrogen-bond acceptors (Lipinski definition) is 3. The van der Waals surface area contributed by atoms with E-state index in [4.69, 9.17) is 5.73 Å². The van der Waals surface area contributed by atoms with Gasteiger partial charge in [0.25, 0.3) is 0 Å². The number of carbonyl (C=O) groups is 1. The van der Waals surface area contributed by atoms with Crippen LogP contribution in [0, 0.1) is 6.92 Å². The molecule has 17 heavy (non-hydrogen) atoms. The normalized spacial score (nSPS) is 13.6. The van der Waals surface area contributed by atoms with Gasteiger partial charge in [-0.25, -0.2) is 0 Å². The van der Waals surface area contributed by atoms with Gasteiger partial charge in [-0.15, -0.1) is 11.3 Å². The van der Waals surface area contributed by atoms with E-state index in [9.17, 15) is 4.79 Å². The van der Waals surface area contributed by atoms with Crippen LogP contribution in [0.5, 0.6) is 0 Å². The number of amides is 1. The fraction of sp³-hybridized carbons (Fsp3) is 0.154. The van der Waals surface area contributed by atoms with Gasteiger partial charge in [-0.05, 0) is 36.2 Å². The van der Waals surface area contributed by atoms with Crippen molar-refractivity contribution in [1.82, 2.24) is 0 Å². The summed E-state index contributed by atoms with van der Waals surface area (Å²) in [5.74, 6) is 0.0617. The summed E-state index contributed by atoms with van der Waals surface area (Å²) in [5, 5.41) is 3.66. The number of carbonyl (C=O) groups excluding carboxylic acids is 1. The van der Waals surface area contributed by atoms with Gasteiger partial charge in [0.05, 0.1) is 11.4 Å². The molecule has 0 radical (unpaired) electrons. The fourth-order valence-electron chi connectivity index (χ4n) is 2.15. The molecule has 1 amide bonds. The number of rotatable bonds is 1. The van der Waals surface area contributed by atoms with Gasteiger partial charge >= 0.3 is 0 Å². The third-order valence-electron chi connectivity index (χ3n) is 2.93. The van der Waals surface area contributed by atoms with Crippen LogP contribution >= 0.6 is 11.3 Å². The molecule has 0 aliphatic carbocycles. The third-order valence-corrected chi connectivity index (χ3v) is 3.81. The number of thiophene rings is 1. The number of fused-ring (bicyclic) bond motifs is 1. The highest BCUT2D eigenvalue weighted by molar-refractivity contribution is 7.16. The zero-order chi connectivity index (χ0) is 12.0. The van der Waals surface area contributed by atoms with Crippen LogP contribution in [0.15, 0.2) is 24.3 Å². The smallest absolute Gasteiger partial charge is 0.228 e. The first-order valence-corrected chi connectivity index (χ1v) is 6.24. The summed E-state index contributed by atoms with van der Waals surface area (Å²) in [6.45, 7) is 2.04. The molecule has 86 valence electrons. The Hall–Kier alpha value is -1.81. The summed E-state index contributed by atoms with van der Waals surface area (Å²) in [6.07, 6.45) is 0.464. The van der Waals surface area contributed by atoms with Gasteiger partial charge in [0.15, 0.2) is 0 Å². The summed E-state index contributed by atoms with van der Waals surface area (Å²) in [4.78, 5) is 12.5. The van der Waals surface area contributed by atoms with Gasteiger partial charge in [-0.3, -0.25) is 4.79 Å². The van der Waals surface area contributed by atoms with E-state index in [-0.39, 0.29) is 5.91 Å². The van der Waals surface area contributed by atoms with Gasteiger partial charge < -0.3 is 11.1 Å². The highest BCUT2D eigenvalue weighted by Crippen LogP contribution is 2.36. The Morgan fingerprint density at radius 3 is 2.88 bits per heavy atom. The second kappa shape index (κ2) is 3.60. The number of nitrogens with two attached hydrogens (primary N) is 1. The first-order valence-electron chi connectivity index (χ1n) is 5.42. The Morgan fingerprint density at radius 2 is 2.18 bits per heavy atom. The molecule has 1 aliphatic rings. The zero-order valence-electron chi connectivity index (χ0n) is 9.41. The first-order chi connectivity index (χ1) is 8.13. The molecule has 0 spiro atoms. The van der Waals surface area contributed by atoms with E-state index in [1.54, 1.807) is 11.3 Å². The molecule has 1 aliphatic heterocycles. The van der Waals surface area contributed by atoms with Crippen LogP contribution in [0.3, 0.4) is 0 Å². The number of aryl methyl sites for hydroxylation is 1. The van der Waals surface area contributed by atoms with E-state index in [0.29, 0.717) is 6.42 Å². The van der Waals surface area contributed by atoms with Gasteiger partial charge in [0.1, 0.15) is 0 Å². The van der Waals surface area contributed by atoms with Crippen molar-refractivity contribution < 1.29 is 4.79 Å². The van der Waals surface area contributed by atoms with Crippen LogP contribution in [0.2, 0.25) is 0 Å². The SMILES string of the molecule is Cc1cc(-c2ccc3c(c2)CC(=O)N3)c(N)s1. The van der Waals surface area contributed by atoms with Crippen LogP contribution in [-0.2, 0) is 11.2 Å². The molecule has 1 aromatic carbocycles. The van der Waals surface area contributed by atoms with Gasteiger partial charge in [0, 0.05) is 16.1 Å². The summed E-state index contributed by atoms with van der Waals surface area (Å²) in [7, 11) is 0. The van der Waals surface area contributed by atoms with E-state index in [1.165, 1.54) is 4.88 Å². The van der Waals surface area contributed by atoms with Crippen LogP contribution in [0.25, 0.3) is 11.1 Å². The number of nitrogens with one attached hydrogen (secondary N) is 1.